The fourth-order valence-electron chi connectivity index (χ4n) is 3.94. The summed E-state index contributed by atoms with van der Waals surface area (Å²) in [7, 11) is 1.82. The van der Waals surface area contributed by atoms with Gasteiger partial charge in [-0.05, 0) is 32.9 Å². The molecule has 1 aromatic carbocycles. The molecule has 3 heterocycles. The van der Waals surface area contributed by atoms with Crippen molar-refractivity contribution in [2.75, 3.05) is 19.8 Å². The molecule has 1 saturated heterocycles. The van der Waals surface area contributed by atoms with E-state index in [0.717, 1.165) is 22.6 Å². The monoisotopic (exact) mass is 397 g/mol. The van der Waals surface area contributed by atoms with Crippen molar-refractivity contribution in [3.63, 3.8) is 0 Å². The summed E-state index contributed by atoms with van der Waals surface area (Å²) >= 11 is 0. The molecule has 0 bridgehead atoms. The maximum absolute atomic E-state index is 14.4. The van der Waals surface area contributed by atoms with E-state index in [9.17, 15) is 9.18 Å². The molecule has 0 radical (unpaired) electrons. The van der Waals surface area contributed by atoms with E-state index in [1.807, 2.05) is 32.7 Å². The lowest BCUT2D eigenvalue weighted by Gasteiger charge is -2.36. The Morgan fingerprint density at radius 2 is 1.97 bits per heavy atom. The molecule has 0 unspecified atom stereocenters. The topological polar surface area (TPSA) is 65.2 Å². The van der Waals surface area contributed by atoms with Crippen LogP contribution in [0.3, 0.4) is 0 Å². The van der Waals surface area contributed by atoms with E-state index in [-0.39, 0.29) is 17.8 Å². The van der Waals surface area contributed by atoms with Crippen LogP contribution in [0, 0.1) is 26.6 Å². The fourth-order valence-corrected chi connectivity index (χ4v) is 3.94. The van der Waals surface area contributed by atoms with Crippen LogP contribution in [0.25, 0.3) is 5.69 Å². The maximum atomic E-state index is 14.4. The van der Waals surface area contributed by atoms with Crippen LogP contribution in [0.5, 0.6) is 0 Å². The lowest BCUT2D eigenvalue weighted by molar-refractivity contribution is -0.00308. The van der Waals surface area contributed by atoms with E-state index in [4.69, 9.17) is 4.74 Å². The van der Waals surface area contributed by atoms with Gasteiger partial charge in [-0.25, -0.2) is 9.07 Å². The van der Waals surface area contributed by atoms with E-state index in [1.54, 1.807) is 33.8 Å². The summed E-state index contributed by atoms with van der Waals surface area (Å²) in [5, 5.41) is 8.77. The average molecular weight is 397 g/mol. The van der Waals surface area contributed by atoms with Crippen molar-refractivity contribution >= 4 is 5.91 Å². The number of hydrogen-bond donors (Lipinski definition) is 0. The van der Waals surface area contributed by atoms with E-state index in [2.05, 4.69) is 10.2 Å². The molecule has 1 atom stereocenters. The number of carbonyl (C=O) groups excluding carboxylic acids is 1. The summed E-state index contributed by atoms with van der Waals surface area (Å²) in [5.74, 6) is -0.426. The highest BCUT2D eigenvalue weighted by Crippen LogP contribution is 2.32. The van der Waals surface area contributed by atoms with Gasteiger partial charge in [-0.15, -0.1) is 0 Å². The maximum Gasteiger partial charge on any atom is 0.257 e. The van der Waals surface area contributed by atoms with Crippen molar-refractivity contribution in [2.24, 2.45) is 7.05 Å². The number of halogens is 1. The van der Waals surface area contributed by atoms with Crippen LogP contribution in [-0.4, -0.2) is 50.1 Å². The Bertz CT molecular complexity index is 1070. The Labute approximate surface area is 168 Å². The Morgan fingerprint density at radius 1 is 1.21 bits per heavy atom. The summed E-state index contributed by atoms with van der Waals surface area (Å²) in [4.78, 5) is 15.1. The highest BCUT2D eigenvalue weighted by atomic mass is 19.1. The Hall–Kier alpha value is -3.00. The minimum Gasteiger partial charge on any atom is -0.377 e. The molecule has 8 heteroatoms. The van der Waals surface area contributed by atoms with Gasteiger partial charge in [0.25, 0.3) is 5.91 Å². The standard InChI is InChI=1S/C21H24FN5O2/c1-13-20(15(3)27(24-13)18-8-6-5-7-17(18)22)19-12-29-10-9-26(19)21(28)16-11-23-25(4)14(16)2/h5-8,11,19H,9-10,12H2,1-4H3/t19-/m0/s1. The summed E-state index contributed by atoms with van der Waals surface area (Å²) in [5.41, 5.74) is 4.22. The van der Waals surface area contributed by atoms with Gasteiger partial charge in [0.2, 0.25) is 0 Å². The van der Waals surface area contributed by atoms with Gasteiger partial charge in [-0.2, -0.15) is 10.2 Å². The van der Waals surface area contributed by atoms with Gasteiger partial charge in [0.1, 0.15) is 11.5 Å². The Balaban J connectivity index is 1.75. The fraction of sp³-hybridized carbons (Fsp3) is 0.381. The molecule has 3 aromatic rings. The number of para-hydroxylation sites is 1. The first-order chi connectivity index (χ1) is 13.9. The molecule has 29 heavy (non-hydrogen) atoms. The molecule has 0 N–H and O–H groups in total. The number of ether oxygens (including phenoxy) is 1. The van der Waals surface area contributed by atoms with E-state index >= 15 is 0 Å². The molecule has 152 valence electrons. The van der Waals surface area contributed by atoms with E-state index < -0.39 is 0 Å². The Kier molecular flexibility index (Phi) is 4.96. The first-order valence-electron chi connectivity index (χ1n) is 9.58. The molecule has 1 amide bonds. The van der Waals surface area contributed by atoms with Crippen molar-refractivity contribution < 1.29 is 13.9 Å². The molecule has 0 saturated carbocycles. The second-order valence-electron chi connectivity index (χ2n) is 7.30. The van der Waals surface area contributed by atoms with Crippen molar-refractivity contribution in [3.05, 3.63) is 64.5 Å². The molecular formula is C21H24FN5O2. The van der Waals surface area contributed by atoms with Crippen LogP contribution < -0.4 is 0 Å². The number of rotatable bonds is 3. The average Bonchev–Trinajstić information content (AvgIpc) is 3.20. The minimum absolute atomic E-state index is 0.0821. The number of nitrogens with zero attached hydrogens (tertiary/aromatic N) is 5. The highest BCUT2D eigenvalue weighted by Gasteiger charge is 2.34. The van der Waals surface area contributed by atoms with Crippen LogP contribution in [0.15, 0.2) is 30.5 Å². The summed E-state index contributed by atoms with van der Waals surface area (Å²) < 4.78 is 23.4. The molecular weight excluding hydrogens is 373 g/mol. The molecule has 4 rings (SSSR count). The number of morpholine rings is 1. The largest absolute Gasteiger partial charge is 0.377 e. The second kappa shape index (κ2) is 7.44. The smallest absolute Gasteiger partial charge is 0.257 e. The summed E-state index contributed by atoms with van der Waals surface area (Å²) in [6.07, 6.45) is 1.60. The zero-order valence-electron chi connectivity index (χ0n) is 17.0. The summed E-state index contributed by atoms with van der Waals surface area (Å²) in [6, 6.07) is 6.24. The Morgan fingerprint density at radius 3 is 2.66 bits per heavy atom. The normalized spacial score (nSPS) is 17.0. The summed E-state index contributed by atoms with van der Waals surface area (Å²) in [6.45, 7) is 6.97. The molecule has 1 fully saturated rings. The lowest BCUT2D eigenvalue weighted by Crippen LogP contribution is -2.44. The van der Waals surface area contributed by atoms with Gasteiger partial charge in [0.15, 0.2) is 0 Å². The number of aryl methyl sites for hydroxylation is 2. The lowest BCUT2D eigenvalue weighted by atomic mass is 10.0. The molecule has 1 aliphatic rings. The first-order valence-corrected chi connectivity index (χ1v) is 9.58. The third-order valence-electron chi connectivity index (χ3n) is 5.62. The van der Waals surface area contributed by atoms with Crippen LogP contribution in [0.2, 0.25) is 0 Å². The predicted molar refractivity (Wildman–Crippen MR) is 106 cm³/mol. The number of benzene rings is 1. The van der Waals surface area contributed by atoms with Gasteiger partial charge in [-0.3, -0.25) is 9.48 Å². The van der Waals surface area contributed by atoms with Crippen LogP contribution >= 0.6 is 0 Å². The number of carbonyl (C=O) groups is 1. The van der Waals surface area contributed by atoms with Gasteiger partial charge in [0.05, 0.1) is 36.7 Å². The number of amides is 1. The van der Waals surface area contributed by atoms with Crippen molar-refractivity contribution in [1.29, 1.82) is 0 Å². The van der Waals surface area contributed by atoms with Crippen molar-refractivity contribution in [1.82, 2.24) is 24.5 Å². The van der Waals surface area contributed by atoms with Crippen LogP contribution in [0.4, 0.5) is 4.39 Å². The highest BCUT2D eigenvalue weighted by molar-refractivity contribution is 5.95. The number of aromatic nitrogens is 4. The van der Waals surface area contributed by atoms with E-state index in [0.29, 0.717) is 31.0 Å². The second-order valence-corrected chi connectivity index (χ2v) is 7.30. The quantitative estimate of drug-likeness (QED) is 0.682. The van der Waals surface area contributed by atoms with E-state index in [1.165, 1.54) is 6.07 Å². The van der Waals surface area contributed by atoms with Gasteiger partial charge in [0, 0.05) is 30.5 Å². The molecule has 0 aliphatic carbocycles. The molecule has 1 aliphatic heterocycles. The zero-order chi connectivity index (χ0) is 20.7. The predicted octanol–water partition coefficient (Wildman–Crippen LogP) is 2.88. The third-order valence-corrected chi connectivity index (χ3v) is 5.62. The molecule has 0 spiro atoms. The van der Waals surface area contributed by atoms with Gasteiger partial charge >= 0.3 is 0 Å². The molecule has 2 aromatic heterocycles. The van der Waals surface area contributed by atoms with Gasteiger partial charge in [-0.1, -0.05) is 12.1 Å². The van der Waals surface area contributed by atoms with Crippen LogP contribution in [0.1, 0.15) is 39.0 Å². The van der Waals surface area contributed by atoms with Crippen molar-refractivity contribution in [3.8, 4) is 5.69 Å². The zero-order valence-corrected chi connectivity index (χ0v) is 17.0. The third kappa shape index (κ3) is 3.23. The first kappa shape index (κ1) is 19.3. The number of hydrogen-bond acceptors (Lipinski definition) is 4. The minimum atomic E-state index is -0.344. The van der Waals surface area contributed by atoms with Gasteiger partial charge < -0.3 is 9.64 Å². The van der Waals surface area contributed by atoms with Crippen molar-refractivity contribution in [2.45, 2.75) is 26.8 Å². The van der Waals surface area contributed by atoms with Crippen LogP contribution in [-0.2, 0) is 11.8 Å². The SMILES string of the molecule is Cc1nn(-c2ccccc2F)c(C)c1[C@@H]1COCCN1C(=O)c1cnn(C)c1C. The molecule has 7 nitrogen and oxygen atoms in total.